The number of pyridine rings is 1. The standard InChI is InChI=1S/C17H17N3O2S3/c1-3-23-16-10-13(7-8-18-16)17-19-15(11-24-17)12-5-4-6-14(9-12)20-25(2,21)22/h4-11,20H,3H2,1-2H3. The maximum absolute atomic E-state index is 11.4. The quantitative estimate of drug-likeness (QED) is 0.632. The summed E-state index contributed by atoms with van der Waals surface area (Å²) >= 11 is 3.25. The van der Waals surface area contributed by atoms with E-state index in [1.165, 1.54) is 0 Å². The molecule has 5 nitrogen and oxygen atoms in total. The Balaban J connectivity index is 1.89. The molecule has 1 N–H and O–H groups in total. The first-order valence-electron chi connectivity index (χ1n) is 7.57. The van der Waals surface area contributed by atoms with Gasteiger partial charge in [0.25, 0.3) is 0 Å². The Morgan fingerprint density at radius 2 is 2.04 bits per heavy atom. The second kappa shape index (κ2) is 7.55. The van der Waals surface area contributed by atoms with Crippen molar-refractivity contribution in [3.8, 4) is 21.8 Å². The monoisotopic (exact) mass is 391 g/mol. The van der Waals surface area contributed by atoms with Gasteiger partial charge in [-0.05, 0) is 30.0 Å². The first-order valence-corrected chi connectivity index (χ1v) is 11.3. The summed E-state index contributed by atoms with van der Waals surface area (Å²) in [6.45, 7) is 2.10. The van der Waals surface area contributed by atoms with Crippen molar-refractivity contribution in [3.63, 3.8) is 0 Å². The number of nitrogens with one attached hydrogen (secondary N) is 1. The lowest BCUT2D eigenvalue weighted by Crippen LogP contribution is -2.09. The molecule has 8 heteroatoms. The average Bonchev–Trinajstić information content (AvgIpc) is 3.04. The SMILES string of the molecule is CCSc1cc(-c2nc(-c3cccc(NS(C)(=O)=O)c3)cs2)ccn1. The summed E-state index contributed by atoms with van der Waals surface area (Å²) in [6, 6.07) is 11.2. The third-order valence-corrected chi connectivity index (χ3v) is 5.55. The van der Waals surface area contributed by atoms with Crippen LogP contribution in [0.5, 0.6) is 0 Å². The number of aromatic nitrogens is 2. The van der Waals surface area contributed by atoms with Crippen molar-refractivity contribution in [1.29, 1.82) is 0 Å². The summed E-state index contributed by atoms with van der Waals surface area (Å²) in [5, 5.41) is 3.87. The van der Waals surface area contributed by atoms with Gasteiger partial charge in [0.15, 0.2) is 0 Å². The molecule has 0 aliphatic rings. The zero-order valence-electron chi connectivity index (χ0n) is 13.8. The van der Waals surface area contributed by atoms with Crippen LogP contribution in [0.1, 0.15) is 6.92 Å². The molecule has 2 heterocycles. The molecule has 130 valence electrons. The minimum atomic E-state index is -3.30. The predicted octanol–water partition coefficient (Wildman–Crippen LogP) is 4.36. The van der Waals surface area contributed by atoms with Gasteiger partial charge < -0.3 is 0 Å². The molecule has 0 amide bonds. The molecule has 0 atom stereocenters. The Hall–Kier alpha value is -1.90. The van der Waals surface area contributed by atoms with Crippen LogP contribution in [0.3, 0.4) is 0 Å². The van der Waals surface area contributed by atoms with Crippen molar-refractivity contribution in [2.45, 2.75) is 11.9 Å². The molecule has 1 aromatic carbocycles. The van der Waals surface area contributed by atoms with Gasteiger partial charge in [0.05, 0.1) is 17.0 Å². The van der Waals surface area contributed by atoms with Crippen LogP contribution in [0.15, 0.2) is 53.0 Å². The van der Waals surface area contributed by atoms with Crippen molar-refractivity contribution in [2.75, 3.05) is 16.7 Å². The average molecular weight is 392 g/mol. The highest BCUT2D eigenvalue weighted by Gasteiger charge is 2.09. The molecule has 0 saturated carbocycles. The van der Waals surface area contributed by atoms with E-state index in [9.17, 15) is 8.42 Å². The molecule has 2 aromatic heterocycles. The molecular formula is C17H17N3O2S3. The summed E-state index contributed by atoms with van der Waals surface area (Å²) in [5.41, 5.74) is 3.25. The Bertz CT molecular complexity index is 984. The van der Waals surface area contributed by atoms with Crippen LogP contribution in [0.25, 0.3) is 21.8 Å². The van der Waals surface area contributed by atoms with Crippen molar-refractivity contribution in [3.05, 3.63) is 48.0 Å². The number of hydrogen-bond acceptors (Lipinski definition) is 6. The summed E-state index contributed by atoms with van der Waals surface area (Å²) in [6.07, 6.45) is 2.93. The zero-order chi connectivity index (χ0) is 17.9. The number of benzene rings is 1. The minimum absolute atomic E-state index is 0.528. The van der Waals surface area contributed by atoms with E-state index in [1.54, 1.807) is 41.4 Å². The minimum Gasteiger partial charge on any atom is -0.284 e. The van der Waals surface area contributed by atoms with Crippen molar-refractivity contribution in [2.24, 2.45) is 0 Å². The molecule has 3 rings (SSSR count). The predicted molar refractivity (Wildman–Crippen MR) is 106 cm³/mol. The molecule has 0 unspecified atom stereocenters. The molecule has 0 aliphatic heterocycles. The van der Waals surface area contributed by atoms with Gasteiger partial charge >= 0.3 is 0 Å². The lowest BCUT2D eigenvalue weighted by Gasteiger charge is -2.05. The Kier molecular flexibility index (Phi) is 5.41. The third kappa shape index (κ3) is 4.81. The van der Waals surface area contributed by atoms with Gasteiger partial charge in [-0.2, -0.15) is 0 Å². The molecule has 25 heavy (non-hydrogen) atoms. The molecular weight excluding hydrogens is 374 g/mol. The summed E-state index contributed by atoms with van der Waals surface area (Å²) in [7, 11) is -3.30. The highest BCUT2D eigenvalue weighted by molar-refractivity contribution is 7.99. The number of hydrogen-bond donors (Lipinski definition) is 1. The van der Waals surface area contributed by atoms with Crippen molar-refractivity contribution < 1.29 is 8.42 Å². The smallest absolute Gasteiger partial charge is 0.229 e. The van der Waals surface area contributed by atoms with Gasteiger partial charge in [0.1, 0.15) is 5.01 Å². The van der Waals surface area contributed by atoms with Crippen molar-refractivity contribution in [1.82, 2.24) is 9.97 Å². The summed E-state index contributed by atoms with van der Waals surface area (Å²) in [4.78, 5) is 9.03. The van der Waals surface area contributed by atoms with Crippen LogP contribution in [0.2, 0.25) is 0 Å². The van der Waals surface area contributed by atoms with E-state index in [4.69, 9.17) is 4.98 Å². The topological polar surface area (TPSA) is 72.0 Å². The van der Waals surface area contributed by atoms with Crippen LogP contribution >= 0.6 is 23.1 Å². The van der Waals surface area contributed by atoms with Gasteiger partial charge in [-0.1, -0.05) is 19.1 Å². The lowest BCUT2D eigenvalue weighted by atomic mass is 10.1. The second-order valence-electron chi connectivity index (χ2n) is 5.31. The molecule has 0 fully saturated rings. The number of anilines is 1. The van der Waals surface area contributed by atoms with E-state index < -0.39 is 10.0 Å². The highest BCUT2D eigenvalue weighted by Crippen LogP contribution is 2.31. The van der Waals surface area contributed by atoms with Crippen molar-refractivity contribution >= 4 is 38.8 Å². The maximum atomic E-state index is 11.4. The van der Waals surface area contributed by atoms with Gasteiger partial charge in [-0.25, -0.2) is 18.4 Å². The molecule has 0 aliphatic carbocycles. The van der Waals surface area contributed by atoms with E-state index >= 15 is 0 Å². The fourth-order valence-corrected chi connectivity index (χ4v) is 4.29. The summed E-state index contributed by atoms with van der Waals surface area (Å²) < 4.78 is 25.3. The van der Waals surface area contributed by atoms with Gasteiger partial charge in [0, 0.05) is 28.4 Å². The molecule has 0 radical (unpaired) electrons. The Morgan fingerprint density at radius 3 is 2.80 bits per heavy atom. The van der Waals surface area contributed by atoms with Crippen LogP contribution in [0.4, 0.5) is 5.69 Å². The second-order valence-corrected chi connectivity index (χ2v) is 9.20. The number of nitrogens with zero attached hydrogens (tertiary/aromatic N) is 2. The van der Waals surface area contributed by atoms with Crippen LogP contribution in [0, 0.1) is 0 Å². The lowest BCUT2D eigenvalue weighted by molar-refractivity contribution is 0.607. The van der Waals surface area contributed by atoms with Crippen LogP contribution in [-0.4, -0.2) is 30.4 Å². The number of thioether (sulfide) groups is 1. The molecule has 0 spiro atoms. The first kappa shape index (κ1) is 17.9. The number of rotatable bonds is 6. The Labute approximate surface area is 155 Å². The van der Waals surface area contributed by atoms with E-state index in [0.717, 1.165) is 38.9 Å². The molecule has 3 aromatic rings. The molecule has 0 saturated heterocycles. The van der Waals surface area contributed by atoms with Gasteiger partial charge in [-0.15, -0.1) is 23.1 Å². The van der Waals surface area contributed by atoms with E-state index in [2.05, 4.69) is 16.6 Å². The normalized spacial score (nSPS) is 11.4. The maximum Gasteiger partial charge on any atom is 0.229 e. The zero-order valence-corrected chi connectivity index (χ0v) is 16.2. The van der Waals surface area contributed by atoms with Gasteiger partial charge in [-0.3, -0.25) is 4.72 Å². The number of thiazole rings is 1. The van der Waals surface area contributed by atoms with Gasteiger partial charge in [0.2, 0.25) is 10.0 Å². The van der Waals surface area contributed by atoms with E-state index in [1.807, 2.05) is 29.6 Å². The number of sulfonamides is 1. The third-order valence-electron chi connectivity index (χ3n) is 3.24. The Morgan fingerprint density at radius 1 is 1.20 bits per heavy atom. The van der Waals surface area contributed by atoms with Crippen LogP contribution < -0.4 is 4.72 Å². The molecule has 0 bridgehead atoms. The van der Waals surface area contributed by atoms with E-state index in [-0.39, 0.29) is 0 Å². The first-order chi connectivity index (χ1) is 11.9. The largest absolute Gasteiger partial charge is 0.284 e. The fourth-order valence-electron chi connectivity index (χ4n) is 2.26. The highest BCUT2D eigenvalue weighted by atomic mass is 32.2. The van der Waals surface area contributed by atoms with E-state index in [0.29, 0.717) is 5.69 Å². The van der Waals surface area contributed by atoms with Crippen LogP contribution in [-0.2, 0) is 10.0 Å². The fraction of sp³-hybridized carbons (Fsp3) is 0.176. The summed E-state index contributed by atoms with van der Waals surface area (Å²) in [5.74, 6) is 0.972.